The number of likely N-dealkylation sites (N-methyl/N-ethyl adjacent to an activating group) is 1. The highest BCUT2D eigenvalue weighted by Gasteiger charge is 2.53. The van der Waals surface area contributed by atoms with Gasteiger partial charge in [0.1, 0.15) is 17.9 Å². The molecule has 0 radical (unpaired) electrons. The Hall–Kier alpha value is -3.10. The second kappa shape index (κ2) is 7.62. The van der Waals surface area contributed by atoms with Gasteiger partial charge in [-0.15, -0.1) is 0 Å². The standard InChI is InChI=1S/C21H24FN5O3/c1-3-26-19(29)13-25(20(30)21(26)8-6-17(28)7-9-21)14(2)15-4-5-18(23-10-15)27-12-16(22)11-24-27/h4-5,10-12,14H,3,6-9,13H2,1-2H3/t14-/m0/s1. The van der Waals surface area contributed by atoms with Crippen molar-refractivity contribution in [3.05, 3.63) is 42.1 Å². The Bertz CT molecular complexity index is 977. The highest BCUT2D eigenvalue weighted by Crippen LogP contribution is 2.39. The predicted octanol–water partition coefficient (Wildman–Crippen LogP) is 2.04. The molecule has 2 amide bonds. The summed E-state index contributed by atoms with van der Waals surface area (Å²) < 4.78 is 14.5. The molecule has 1 saturated carbocycles. The molecule has 0 unspecified atom stereocenters. The topological polar surface area (TPSA) is 88.4 Å². The molecule has 1 spiro atoms. The third-order valence-electron chi connectivity index (χ3n) is 6.24. The van der Waals surface area contributed by atoms with Gasteiger partial charge in [-0.3, -0.25) is 14.4 Å². The SMILES string of the molecule is CCN1C(=O)CN([C@@H](C)c2ccc(-n3cc(F)cn3)nc2)C(=O)C12CCC(=O)CC2. The van der Waals surface area contributed by atoms with E-state index in [-0.39, 0.29) is 30.2 Å². The quantitative estimate of drug-likeness (QED) is 0.765. The third-order valence-corrected chi connectivity index (χ3v) is 6.24. The van der Waals surface area contributed by atoms with Gasteiger partial charge in [0.15, 0.2) is 11.6 Å². The molecule has 1 aliphatic heterocycles. The molecule has 30 heavy (non-hydrogen) atoms. The number of rotatable bonds is 4. The molecule has 0 N–H and O–H groups in total. The Balaban J connectivity index is 1.60. The summed E-state index contributed by atoms with van der Waals surface area (Å²) in [7, 11) is 0. The van der Waals surface area contributed by atoms with E-state index in [0.29, 0.717) is 38.0 Å². The molecule has 2 fully saturated rings. The number of amides is 2. The summed E-state index contributed by atoms with van der Waals surface area (Å²) in [6.07, 6.45) is 5.31. The Morgan fingerprint density at radius 3 is 2.47 bits per heavy atom. The monoisotopic (exact) mass is 413 g/mol. The van der Waals surface area contributed by atoms with Gasteiger partial charge in [0.2, 0.25) is 11.8 Å². The summed E-state index contributed by atoms with van der Waals surface area (Å²) in [5, 5.41) is 3.89. The molecule has 2 aromatic heterocycles. The average Bonchev–Trinajstić information content (AvgIpc) is 3.19. The number of carbonyl (C=O) groups is 3. The van der Waals surface area contributed by atoms with Crippen LogP contribution in [-0.2, 0) is 14.4 Å². The fourth-order valence-electron chi connectivity index (χ4n) is 4.53. The van der Waals surface area contributed by atoms with Crippen molar-refractivity contribution in [2.75, 3.05) is 13.1 Å². The van der Waals surface area contributed by atoms with E-state index in [1.807, 2.05) is 13.8 Å². The molecule has 0 bridgehead atoms. The smallest absolute Gasteiger partial charge is 0.249 e. The van der Waals surface area contributed by atoms with Gasteiger partial charge in [-0.25, -0.2) is 14.1 Å². The van der Waals surface area contributed by atoms with Crippen molar-refractivity contribution in [1.29, 1.82) is 0 Å². The summed E-state index contributed by atoms with van der Waals surface area (Å²) in [6.45, 7) is 4.16. The molecular weight excluding hydrogens is 389 g/mol. The van der Waals surface area contributed by atoms with E-state index in [9.17, 15) is 18.8 Å². The van der Waals surface area contributed by atoms with Crippen LogP contribution >= 0.6 is 0 Å². The van der Waals surface area contributed by atoms with E-state index in [4.69, 9.17) is 0 Å². The first-order chi connectivity index (χ1) is 14.4. The van der Waals surface area contributed by atoms with E-state index < -0.39 is 11.4 Å². The van der Waals surface area contributed by atoms with Crippen molar-refractivity contribution in [2.24, 2.45) is 0 Å². The van der Waals surface area contributed by atoms with Crippen LogP contribution in [0, 0.1) is 5.82 Å². The summed E-state index contributed by atoms with van der Waals surface area (Å²) in [5.74, 6) is -0.0762. The first kappa shape index (κ1) is 20.2. The van der Waals surface area contributed by atoms with Crippen LogP contribution in [-0.4, -0.2) is 60.8 Å². The third kappa shape index (κ3) is 3.28. The molecule has 9 heteroatoms. The van der Waals surface area contributed by atoms with Gasteiger partial charge >= 0.3 is 0 Å². The van der Waals surface area contributed by atoms with Crippen LogP contribution < -0.4 is 0 Å². The van der Waals surface area contributed by atoms with Crippen molar-refractivity contribution in [1.82, 2.24) is 24.6 Å². The second-order valence-electron chi connectivity index (χ2n) is 7.87. The molecule has 1 saturated heterocycles. The van der Waals surface area contributed by atoms with Gasteiger partial charge < -0.3 is 9.80 Å². The maximum Gasteiger partial charge on any atom is 0.249 e. The maximum absolute atomic E-state index is 13.6. The number of nitrogens with zero attached hydrogens (tertiary/aromatic N) is 5. The Labute approximate surface area is 173 Å². The molecule has 158 valence electrons. The van der Waals surface area contributed by atoms with Crippen molar-refractivity contribution in [3.63, 3.8) is 0 Å². The van der Waals surface area contributed by atoms with Crippen LogP contribution in [0.1, 0.15) is 51.1 Å². The number of ketones is 1. The lowest BCUT2D eigenvalue weighted by Crippen LogP contribution is -2.69. The first-order valence-electron chi connectivity index (χ1n) is 10.2. The largest absolute Gasteiger partial charge is 0.327 e. The number of hydrogen-bond acceptors (Lipinski definition) is 5. The lowest BCUT2D eigenvalue weighted by Gasteiger charge is -2.51. The lowest BCUT2D eigenvalue weighted by atomic mass is 9.76. The molecule has 0 aromatic carbocycles. The minimum Gasteiger partial charge on any atom is -0.327 e. The van der Waals surface area contributed by atoms with Gasteiger partial charge in [-0.1, -0.05) is 6.07 Å². The lowest BCUT2D eigenvalue weighted by molar-refractivity contribution is -0.170. The minimum atomic E-state index is -0.938. The van der Waals surface area contributed by atoms with E-state index in [1.54, 1.807) is 28.1 Å². The number of piperazine rings is 1. The first-order valence-corrected chi connectivity index (χ1v) is 10.2. The van der Waals surface area contributed by atoms with Crippen LogP contribution in [0.5, 0.6) is 0 Å². The average molecular weight is 413 g/mol. The van der Waals surface area contributed by atoms with Crippen molar-refractivity contribution in [2.45, 2.75) is 51.1 Å². The van der Waals surface area contributed by atoms with Gasteiger partial charge in [-0.05, 0) is 38.3 Å². The van der Waals surface area contributed by atoms with Gasteiger partial charge in [-0.2, -0.15) is 5.10 Å². The van der Waals surface area contributed by atoms with E-state index in [0.717, 1.165) is 11.8 Å². The zero-order valence-electron chi connectivity index (χ0n) is 17.0. The summed E-state index contributed by atoms with van der Waals surface area (Å²) >= 11 is 0. The van der Waals surface area contributed by atoms with Crippen molar-refractivity contribution >= 4 is 17.6 Å². The second-order valence-corrected chi connectivity index (χ2v) is 7.87. The number of carbonyl (C=O) groups excluding carboxylic acids is 3. The molecule has 1 atom stereocenters. The summed E-state index contributed by atoms with van der Waals surface area (Å²) in [6, 6.07) is 3.13. The van der Waals surface area contributed by atoms with Crippen molar-refractivity contribution in [3.8, 4) is 5.82 Å². The predicted molar refractivity (Wildman–Crippen MR) is 105 cm³/mol. The van der Waals surface area contributed by atoms with Crippen LogP contribution in [0.3, 0.4) is 0 Å². The number of aromatic nitrogens is 3. The van der Waals surface area contributed by atoms with Crippen LogP contribution in [0.25, 0.3) is 5.82 Å². The van der Waals surface area contributed by atoms with E-state index in [2.05, 4.69) is 10.1 Å². The molecule has 1 aliphatic carbocycles. The number of hydrogen-bond donors (Lipinski definition) is 0. The fraction of sp³-hybridized carbons (Fsp3) is 0.476. The van der Waals surface area contributed by atoms with Crippen LogP contribution in [0.15, 0.2) is 30.7 Å². The molecule has 3 heterocycles. The zero-order valence-corrected chi connectivity index (χ0v) is 17.0. The molecule has 4 rings (SSSR count). The van der Waals surface area contributed by atoms with Crippen molar-refractivity contribution < 1.29 is 18.8 Å². The molecular formula is C21H24FN5O3. The zero-order chi connectivity index (χ0) is 21.5. The Kier molecular flexibility index (Phi) is 5.13. The highest BCUT2D eigenvalue weighted by molar-refractivity contribution is 5.99. The van der Waals surface area contributed by atoms with Gasteiger partial charge in [0.05, 0.1) is 18.4 Å². The number of Topliss-reactive ketones (excluding diaryl/α,β-unsaturated/α-hetero) is 1. The Morgan fingerprint density at radius 1 is 1.17 bits per heavy atom. The highest BCUT2D eigenvalue weighted by atomic mass is 19.1. The maximum atomic E-state index is 13.6. The van der Waals surface area contributed by atoms with Crippen LogP contribution in [0.2, 0.25) is 0 Å². The summed E-state index contributed by atoms with van der Waals surface area (Å²) in [4.78, 5) is 45.8. The van der Waals surface area contributed by atoms with E-state index in [1.165, 1.54) is 10.9 Å². The van der Waals surface area contributed by atoms with E-state index >= 15 is 0 Å². The summed E-state index contributed by atoms with van der Waals surface area (Å²) in [5.41, 5.74) is -0.175. The minimum absolute atomic E-state index is 0.00431. The molecule has 2 aromatic rings. The fourth-order valence-corrected chi connectivity index (χ4v) is 4.53. The molecule has 8 nitrogen and oxygen atoms in total. The normalized spacial score (nSPS) is 20.2. The van der Waals surface area contributed by atoms with Gasteiger partial charge in [0, 0.05) is 25.6 Å². The number of pyridine rings is 1. The van der Waals surface area contributed by atoms with Crippen LogP contribution in [0.4, 0.5) is 4.39 Å². The Morgan fingerprint density at radius 2 is 1.90 bits per heavy atom. The van der Waals surface area contributed by atoms with Gasteiger partial charge in [0.25, 0.3) is 0 Å². The number of halogens is 1. The molecule has 2 aliphatic rings.